The van der Waals surface area contributed by atoms with Crippen LogP contribution >= 0.6 is 11.8 Å². The summed E-state index contributed by atoms with van der Waals surface area (Å²) >= 11 is 1.10. The Morgan fingerprint density at radius 2 is 1.90 bits per heavy atom. The zero-order chi connectivity index (χ0) is 15.7. The Balaban J connectivity index is 2.64. The van der Waals surface area contributed by atoms with Crippen LogP contribution in [-0.2, 0) is 9.59 Å². The summed E-state index contributed by atoms with van der Waals surface area (Å²) in [6.45, 7) is 4.25. The first kappa shape index (κ1) is 17.7. The van der Waals surface area contributed by atoms with E-state index in [9.17, 15) is 14.7 Å². The fourth-order valence-corrected chi connectivity index (χ4v) is 2.74. The van der Waals surface area contributed by atoms with Gasteiger partial charge in [0.05, 0.1) is 5.25 Å². The number of carboxylic acid groups (broad SMARTS) is 1. The van der Waals surface area contributed by atoms with Crippen molar-refractivity contribution in [1.82, 2.24) is 5.32 Å². The summed E-state index contributed by atoms with van der Waals surface area (Å²) < 4.78 is 0. The smallest absolute Gasteiger partial charge is 0.239 e. The topological polar surface area (TPSA) is 94.0 Å². The van der Waals surface area contributed by atoms with Gasteiger partial charge in [0.2, 0.25) is 5.91 Å². The van der Waals surface area contributed by atoms with E-state index < -0.39 is 11.2 Å². The molecule has 0 spiro atoms. The summed E-state index contributed by atoms with van der Waals surface area (Å²) in [4.78, 5) is 22.1. The van der Waals surface area contributed by atoms with Crippen LogP contribution in [0, 0.1) is 0 Å². The second kappa shape index (κ2) is 9.55. The molecule has 1 atom stereocenters. The molecular formula is C14H22N3O3S-. The molecule has 1 rings (SSSR count). The first-order valence-electron chi connectivity index (χ1n) is 7.37. The van der Waals surface area contributed by atoms with Gasteiger partial charge >= 0.3 is 0 Å². The van der Waals surface area contributed by atoms with Gasteiger partial charge in [0.15, 0.2) is 5.17 Å². The summed E-state index contributed by atoms with van der Waals surface area (Å²) in [7, 11) is 0. The molecule has 0 saturated carbocycles. The number of carboxylic acids is 1. The lowest BCUT2D eigenvalue weighted by Gasteiger charge is -2.04. The minimum absolute atomic E-state index is 0.308. The lowest BCUT2D eigenvalue weighted by Crippen LogP contribution is -2.31. The van der Waals surface area contributed by atoms with Gasteiger partial charge < -0.3 is 15.2 Å². The molecule has 1 saturated heterocycles. The maximum absolute atomic E-state index is 11.6. The number of unbranched alkanes of at least 4 members (excludes halogenated alkanes) is 2. The highest BCUT2D eigenvalue weighted by atomic mass is 32.2. The molecule has 21 heavy (non-hydrogen) atoms. The van der Waals surface area contributed by atoms with Crippen molar-refractivity contribution in [2.75, 3.05) is 0 Å². The Labute approximate surface area is 129 Å². The number of aliphatic carboxylic acids is 1. The third-order valence-corrected chi connectivity index (χ3v) is 4.12. The van der Waals surface area contributed by atoms with Gasteiger partial charge in [-0.1, -0.05) is 38.5 Å². The van der Waals surface area contributed by atoms with E-state index >= 15 is 0 Å². The number of nitrogens with zero attached hydrogens (tertiary/aromatic N) is 2. The normalized spacial score (nSPS) is 19.6. The summed E-state index contributed by atoms with van der Waals surface area (Å²) in [5.41, 5.74) is 1.03. The number of nitrogens with one attached hydrogen (secondary N) is 1. The zero-order valence-corrected chi connectivity index (χ0v) is 13.4. The molecule has 1 heterocycles. The molecule has 6 nitrogen and oxygen atoms in total. The molecular weight excluding hydrogens is 290 g/mol. The van der Waals surface area contributed by atoms with Crippen LogP contribution in [-0.4, -0.2) is 28.0 Å². The fraction of sp³-hybridized carbons (Fsp3) is 0.714. The molecule has 1 N–H and O–H groups in total. The van der Waals surface area contributed by atoms with Gasteiger partial charge in [0.1, 0.15) is 0 Å². The first-order valence-corrected chi connectivity index (χ1v) is 8.25. The molecule has 0 aromatic carbocycles. The number of hydrogen-bond acceptors (Lipinski definition) is 6. The molecule has 0 unspecified atom stereocenters. The van der Waals surface area contributed by atoms with Crippen LogP contribution in [0.2, 0.25) is 0 Å². The minimum Gasteiger partial charge on any atom is -0.550 e. The maximum atomic E-state index is 11.6. The number of carbonyl (C=O) groups excluding carboxylic acids is 2. The van der Waals surface area contributed by atoms with E-state index in [1.165, 1.54) is 0 Å². The Hall–Kier alpha value is -1.37. The highest BCUT2D eigenvalue weighted by Crippen LogP contribution is 2.22. The number of hydrogen-bond donors (Lipinski definition) is 1. The van der Waals surface area contributed by atoms with Crippen molar-refractivity contribution in [2.24, 2.45) is 10.2 Å². The summed E-state index contributed by atoms with van der Waals surface area (Å²) in [6.07, 6.45) is 5.85. The molecule has 118 valence electrons. The Kier molecular flexibility index (Phi) is 8.04. The van der Waals surface area contributed by atoms with E-state index in [2.05, 4.69) is 29.4 Å². The monoisotopic (exact) mass is 312 g/mol. The van der Waals surface area contributed by atoms with Gasteiger partial charge in [-0.2, -0.15) is 5.10 Å². The third-order valence-electron chi connectivity index (χ3n) is 3.05. The molecule has 0 aromatic heterocycles. The molecule has 0 bridgehead atoms. The fourth-order valence-electron chi connectivity index (χ4n) is 1.84. The van der Waals surface area contributed by atoms with Crippen LogP contribution in [0.25, 0.3) is 0 Å². The van der Waals surface area contributed by atoms with Crippen molar-refractivity contribution in [3.05, 3.63) is 0 Å². The molecule has 0 radical (unpaired) electrons. The van der Waals surface area contributed by atoms with Gasteiger partial charge in [-0.05, 0) is 25.7 Å². The van der Waals surface area contributed by atoms with Crippen LogP contribution < -0.4 is 10.4 Å². The van der Waals surface area contributed by atoms with Gasteiger partial charge in [-0.25, -0.2) is 0 Å². The lowest BCUT2D eigenvalue weighted by molar-refractivity contribution is -0.305. The second-order valence-corrected chi connectivity index (χ2v) is 6.14. The van der Waals surface area contributed by atoms with Gasteiger partial charge in [0, 0.05) is 18.1 Å². The van der Waals surface area contributed by atoms with Crippen molar-refractivity contribution in [3.63, 3.8) is 0 Å². The average Bonchev–Trinajstić information content (AvgIpc) is 2.77. The Morgan fingerprint density at radius 3 is 2.43 bits per heavy atom. The van der Waals surface area contributed by atoms with E-state index in [-0.39, 0.29) is 12.3 Å². The van der Waals surface area contributed by atoms with Crippen molar-refractivity contribution in [3.8, 4) is 0 Å². The maximum Gasteiger partial charge on any atom is 0.239 e. The number of carbonyl (C=O) groups is 2. The van der Waals surface area contributed by atoms with E-state index in [1.807, 2.05) is 0 Å². The SMILES string of the molecule is CCCCC(CCCC)=N/N=C1/NC(=O)[C@H](CC(=O)[O-])S1. The average molecular weight is 312 g/mol. The van der Waals surface area contributed by atoms with E-state index in [1.54, 1.807) is 0 Å². The van der Waals surface area contributed by atoms with Crippen LogP contribution in [0.15, 0.2) is 10.2 Å². The summed E-state index contributed by atoms with van der Waals surface area (Å²) in [5.74, 6) is -1.58. The van der Waals surface area contributed by atoms with Gasteiger partial charge in [-0.3, -0.25) is 4.79 Å². The van der Waals surface area contributed by atoms with Gasteiger partial charge in [-0.15, -0.1) is 5.10 Å². The number of rotatable bonds is 9. The van der Waals surface area contributed by atoms with E-state index in [0.29, 0.717) is 5.17 Å². The quantitative estimate of drug-likeness (QED) is 0.515. The predicted octanol–water partition coefficient (Wildman–Crippen LogP) is 1.45. The predicted molar refractivity (Wildman–Crippen MR) is 83.1 cm³/mol. The van der Waals surface area contributed by atoms with Crippen molar-refractivity contribution in [2.45, 2.75) is 64.0 Å². The molecule has 0 aromatic rings. The van der Waals surface area contributed by atoms with Crippen molar-refractivity contribution >= 4 is 34.5 Å². The molecule has 7 heteroatoms. The first-order chi connectivity index (χ1) is 10.1. The zero-order valence-electron chi connectivity index (χ0n) is 12.6. The number of thioether (sulfide) groups is 1. The molecule has 1 aliphatic heterocycles. The number of amides is 1. The summed E-state index contributed by atoms with van der Waals surface area (Å²) in [6, 6.07) is 0. The standard InChI is InChI=1S/C14H23N3O3S/c1-3-5-7-10(8-6-4-2)16-17-14-15-13(20)11(21-14)9-12(18)19/h11H,3-9H2,1-2H3,(H,18,19)(H,15,17,20)/p-1/t11-/m0/s1. The van der Waals surface area contributed by atoms with Gasteiger partial charge in [0.25, 0.3) is 0 Å². The van der Waals surface area contributed by atoms with E-state index in [4.69, 9.17) is 0 Å². The molecule has 0 aliphatic carbocycles. The van der Waals surface area contributed by atoms with Crippen LogP contribution in [0.1, 0.15) is 58.8 Å². The Morgan fingerprint density at radius 1 is 1.29 bits per heavy atom. The Bertz CT molecular complexity index is 425. The highest BCUT2D eigenvalue weighted by molar-refractivity contribution is 8.15. The molecule has 1 fully saturated rings. The lowest BCUT2D eigenvalue weighted by atomic mass is 10.1. The van der Waals surface area contributed by atoms with E-state index in [0.717, 1.165) is 56.0 Å². The minimum atomic E-state index is -1.24. The highest BCUT2D eigenvalue weighted by Gasteiger charge is 2.30. The van der Waals surface area contributed by atoms with Crippen LogP contribution in [0.3, 0.4) is 0 Å². The molecule has 1 amide bonds. The second-order valence-electron chi connectivity index (χ2n) is 4.95. The van der Waals surface area contributed by atoms with Crippen molar-refractivity contribution < 1.29 is 14.7 Å². The largest absolute Gasteiger partial charge is 0.550 e. The third kappa shape index (κ3) is 6.75. The van der Waals surface area contributed by atoms with Crippen molar-refractivity contribution in [1.29, 1.82) is 0 Å². The molecule has 1 aliphatic rings. The summed E-state index contributed by atoms with van der Waals surface area (Å²) in [5, 5.41) is 21.1. The van der Waals surface area contributed by atoms with Crippen LogP contribution in [0.4, 0.5) is 0 Å². The number of amidine groups is 1. The van der Waals surface area contributed by atoms with Crippen LogP contribution in [0.5, 0.6) is 0 Å².